The van der Waals surface area contributed by atoms with Crippen LogP contribution >= 0.6 is 11.5 Å². The van der Waals surface area contributed by atoms with Gasteiger partial charge in [0.25, 0.3) is 0 Å². The van der Waals surface area contributed by atoms with Crippen LogP contribution in [0.2, 0.25) is 0 Å². The monoisotopic (exact) mass is 272 g/mol. The van der Waals surface area contributed by atoms with Crippen LogP contribution in [0.4, 0.5) is 10.8 Å². The van der Waals surface area contributed by atoms with E-state index in [1.165, 1.54) is 11.5 Å². The highest BCUT2D eigenvalue weighted by atomic mass is 32.1. The van der Waals surface area contributed by atoms with Gasteiger partial charge in [-0.1, -0.05) is 32.0 Å². The Hall–Kier alpha value is -1.93. The SMILES string of the molecule is CC(C)c1nsc(N(CCC#N)c2ccccc2)n1. The van der Waals surface area contributed by atoms with E-state index in [1.54, 1.807) is 0 Å². The Morgan fingerprint density at radius 3 is 2.63 bits per heavy atom. The second-order valence-corrected chi connectivity index (χ2v) is 5.22. The van der Waals surface area contributed by atoms with E-state index in [9.17, 15) is 0 Å². The molecule has 4 nitrogen and oxygen atoms in total. The lowest BCUT2D eigenvalue weighted by molar-refractivity contribution is 0.795. The molecule has 1 aromatic heterocycles. The van der Waals surface area contributed by atoms with Crippen LogP contribution in [0, 0.1) is 11.3 Å². The summed E-state index contributed by atoms with van der Waals surface area (Å²) in [5, 5.41) is 9.65. The Balaban J connectivity index is 2.29. The van der Waals surface area contributed by atoms with Crippen molar-refractivity contribution in [1.82, 2.24) is 9.36 Å². The minimum atomic E-state index is 0.318. The molecule has 0 aliphatic heterocycles. The minimum Gasteiger partial charge on any atom is -0.316 e. The van der Waals surface area contributed by atoms with Crippen LogP contribution in [0.15, 0.2) is 30.3 Å². The van der Waals surface area contributed by atoms with Crippen molar-refractivity contribution in [3.05, 3.63) is 36.2 Å². The summed E-state index contributed by atoms with van der Waals surface area (Å²) in [7, 11) is 0. The summed E-state index contributed by atoms with van der Waals surface area (Å²) in [6, 6.07) is 12.2. The van der Waals surface area contributed by atoms with Gasteiger partial charge in [0.2, 0.25) is 5.13 Å². The number of nitrogens with zero attached hydrogens (tertiary/aromatic N) is 4. The molecule has 0 fully saturated rings. The molecule has 0 unspecified atom stereocenters. The Morgan fingerprint density at radius 2 is 2.05 bits per heavy atom. The molecule has 2 rings (SSSR count). The van der Waals surface area contributed by atoms with Gasteiger partial charge in [-0.25, -0.2) is 4.98 Å². The molecule has 0 bridgehead atoms. The summed E-state index contributed by atoms with van der Waals surface area (Å²) >= 11 is 1.39. The molecule has 0 saturated carbocycles. The number of anilines is 2. The molecule has 19 heavy (non-hydrogen) atoms. The van der Waals surface area contributed by atoms with Crippen LogP contribution in [0.3, 0.4) is 0 Å². The maximum Gasteiger partial charge on any atom is 0.209 e. The zero-order valence-corrected chi connectivity index (χ0v) is 11.9. The first-order valence-electron chi connectivity index (χ1n) is 6.25. The number of hydrogen-bond donors (Lipinski definition) is 0. The quantitative estimate of drug-likeness (QED) is 0.832. The fourth-order valence-corrected chi connectivity index (χ4v) is 2.53. The second kappa shape index (κ2) is 6.30. The zero-order chi connectivity index (χ0) is 13.7. The molecule has 1 aromatic carbocycles. The Morgan fingerprint density at radius 1 is 1.32 bits per heavy atom. The van der Waals surface area contributed by atoms with Crippen LogP contribution in [-0.2, 0) is 0 Å². The van der Waals surface area contributed by atoms with E-state index in [4.69, 9.17) is 5.26 Å². The third-order valence-corrected chi connectivity index (χ3v) is 3.45. The van der Waals surface area contributed by atoms with Crippen LogP contribution < -0.4 is 4.90 Å². The van der Waals surface area contributed by atoms with Crippen molar-refractivity contribution in [1.29, 1.82) is 5.26 Å². The predicted molar refractivity (Wildman–Crippen MR) is 77.7 cm³/mol. The number of nitriles is 1. The molecule has 0 amide bonds. The summed E-state index contributed by atoms with van der Waals surface area (Å²) < 4.78 is 4.38. The van der Waals surface area contributed by atoms with E-state index >= 15 is 0 Å². The molecular weight excluding hydrogens is 256 g/mol. The number of benzene rings is 1. The second-order valence-electron chi connectivity index (χ2n) is 4.49. The molecule has 5 heteroatoms. The van der Waals surface area contributed by atoms with Crippen molar-refractivity contribution < 1.29 is 0 Å². The summed E-state index contributed by atoms with van der Waals surface area (Å²) in [5.74, 6) is 1.18. The molecular formula is C14H16N4S. The minimum absolute atomic E-state index is 0.318. The fraction of sp³-hybridized carbons (Fsp3) is 0.357. The van der Waals surface area contributed by atoms with Crippen molar-refractivity contribution in [2.75, 3.05) is 11.4 Å². The zero-order valence-electron chi connectivity index (χ0n) is 11.1. The first kappa shape index (κ1) is 13.5. The molecule has 0 N–H and O–H groups in total. The number of aromatic nitrogens is 2. The molecule has 1 heterocycles. The van der Waals surface area contributed by atoms with E-state index in [1.807, 2.05) is 35.2 Å². The molecule has 0 atom stereocenters. The topological polar surface area (TPSA) is 52.8 Å². The lowest BCUT2D eigenvalue weighted by Crippen LogP contribution is -2.17. The predicted octanol–water partition coefficient (Wildman–Crippen LogP) is 3.71. The summed E-state index contributed by atoms with van der Waals surface area (Å²) in [4.78, 5) is 6.61. The average Bonchev–Trinajstić information content (AvgIpc) is 2.90. The van der Waals surface area contributed by atoms with Crippen LogP contribution in [0.1, 0.15) is 32.0 Å². The van der Waals surface area contributed by atoms with Gasteiger partial charge in [-0.3, -0.25) is 0 Å². The van der Waals surface area contributed by atoms with Gasteiger partial charge in [-0.15, -0.1) is 0 Å². The summed E-state index contributed by atoms with van der Waals surface area (Å²) in [6.45, 7) is 4.79. The normalized spacial score (nSPS) is 10.4. The van der Waals surface area contributed by atoms with E-state index < -0.39 is 0 Å². The maximum absolute atomic E-state index is 8.79. The van der Waals surface area contributed by atoms with Crippen molar-refractivity contribution in [3.8, 4) is 6.07 Å². The molecule has 0 saturated heterocycles. The van der Waals surface area contributed by atoms with Crippen LogP contribution in [0.5, 0.6) is 0 Å². The fourth-order valence-electron chi connectivity index (χ4n) is 1.68. The Kier molecular flexibility index (Phi) is 4.48. The first-order valence-corrected chi connectivity index (χ1v) is 7.03. The van der Waals surface area contributed by atoms with E-state index in [-0.39, 0.29) is 0 Å². The van der Waals surface area contributed by atoms with Crippen molar-refractivity contribution in [2.45, 2.75) is 26.2 Å². The number of rotatable bonds is 5. The Bertz CT molecular complexity index is 556. The van der Waals surface area contributed by atoms with Gasteiger partial charge < -0.3 is 4.90 Å². The molecule has 98 valence electrons. The molecule has 0 radical (unpaired) electrons. The molecule has 0 aliphatic carbocycles. The third kappa shape index (κ3) is 3.30. The highest BCUT2D eigenvalue weighted by Gasteiger charge is 2.15. The van der Waals surface area contributed by atoms with Gasteiger partial charge in [0.1, 0.15) is 5.82 Å². The highest BCUT2D eigenvalue weighted by Crippen LogP contribution is 2.28. The molecule has 0 aliphatic rings. The van der Waals surface area contributed by atoms with Crippen molar-refractivity contribution >= 4 is 22.4 Å². The van der Waals surface area contributed by atoms with Crippen LogP contribution in [-0.4, -0.2) is 15.9 Å². The van der Waals surface area contributed by atoms with Gasteiger partial charge in [0.15, 0.2) is 0 Å². The molecule has 0 spiro atoms. The van der Waals surface area contributed by atoms with Gasteiger partial charge in [0, 0.05) is 29.7 Å². The lowest BCUT2D eigenvalue weighted by Gasteiger charge is -2.19. The summed E-state index contributed by atoms with van der Waals surface area (Å²) in [6.07, 6.45) is 0.464. The first-order chi connectivity index (χ1) is 9.22. The average molecular weight is 272 g/mol. The number of para-hydroxylation sites is 1. The summed E-state index contributed by atoms with van der Waals surface area (Å²) in [5.41, 5.74) is 1.05. The molecule has 2 aromatic rings. The number of hydrogen-bond acceptors (Lipinski definition) is 5. The van der Waals surface area contributed by atoms with E-state index in [2.05, 4.69) is 29.3 Å². The van der Waals surface area contributed by atoms with Gasteiger partial charge in [0.05, 0.1) is 12.5 Å². The van der Waals surface area contributed by atoms with E-state index in [0.29, 0.717) is 18.9 Å². The van der Waals surface area contributed by atoms with Gasteiger partial charge in [-0.05, 0) is 12.1 Å². The maximum atomic E-state index is 8.79. The van der Waals surface area contributed by atoms with Gasteiger partial charge in [-0.2, -0.15) is 9.64 Å². The van der Waals surface area contributed by atoms with E-state index in [0.717, 1.165) is 16.6 Å². The standard InChI is InChI=1S/C14H16N4S/c1-11(2)13-16-14(19-17-13)18(10-6-9-15)12-7-4-3-5-8-12/h3-5,7-8,11H,6,10H2,1-2H3. The van der Waals surface area contributed by atoms with Crippen LogP contribution in [0.25, 0.3) is 0 Å². The van der Waals surface area contributed by atoms with Crippen molar-refractivity contribution in [3.63, 3.8) is 0 Å². The lowest BCUT2D eigenvalue weighted by atomic mass is 10.2. The largest absolute Gasteiger partial charge is 0.316 e. The van der Waals surface area contributed by atoms with Gasteiger partial charge >= 0.3 is 0 Å². The Labute approximate surface area is 117 Å². The smallest absolute Gasteiger partial charge is 0.209 e. The third-order valence-electron chi connectivity index (χ3n) is 2.69. The highest BCUT2D eigenvalue weighted by molar-refractivity contribution is 7.09. The van der Waals surface area contributed by atoms with Crippen molar-refractivity contribution in [2.24, 2.45) is 0 Å².